The Hall–Kier alpha value is -2.78. The van der Waals surface area contributed by atoms with Gasteiger partial charge in [-0.2, -0.15) is 0 Å². The summed E-state index contributed by atoms with van der Waals surface area (Å²) in [7, 11) is 0. The third-order valence-corrected chi connectivity index (χ3v) is 4.75. The Morgan fingerprint density at radius 3 is 2.63 bits per heavy atom. The van der Waals surface area contributed by atoms with Crippen LogP contribution in [-0.4, -0.2) is 32.3 Å². The maximum Gasteiger partial charge on any atom is 0.269 e. The largest absolute Gasteiger partial charge is 0.461 e. The van der Waals surface area contributed by atoms with Crippen molar-refractivity contribution in [2.75, 3.05) is 5.75 Å². The molecule has 8 nitrogen and oxygen atoms in total. The van der Waals surface area contributed by atoms with Gasteiger partial charge >= 0.3 is 0 Å². The highest BCUT2D eigenvalue weighted by Gasteiger charge is 2.16. The van der Waals surface area contributed by atoms with Gasteiger partial charge in [-0.15, -0.1) is 10.2 Å². The summed E-state index contributed by atoms with van der Waals surface area (Å²) >= 11 is 6.99. The van der Waals surface area contributed by atoms with Crippen molar-refractivity contribution in [1.29, 1.82) is 0 Å². The highest BCUT2D eigenvalue weighted by Crippen LogP contribution is 2.23. The first-order valence-corrected chi connectivity index (χ1v) is 9.39. The van der Waals surface area contributed by atoms with Crippen LogP contribution in [-0.2, 0) is 11.3 Å². The molecule has 2 aromatic heterocycles. The molecule has 0 aliphatic rings. The van der Waals surface area contributed by atoms with Crippen molar-refractivity contribution in [2.45, 2.75) is 18.6 Å². The number of amides is 2. The first-order chi connectivity index (χ1) is 13.1. The number of hydrogen-bond acceptors (Lipinski definition) is 6. The molecule has 0 bridgehead atoms. The SMILES string of the molecule is CCn1c(SCC(=O)NNC(=O)c2ccc(Cl)cc2)nnc1-c1ccco1. The molecule has 0 fully saturated rings. The van der Waals surface area contributed by atoms with Crippen molar-refractivity contribution in [3.05, 3.63) is 53.2 Å². The van der Waals surface area contributed by atoms with Gasteiger partial charge in [0.05, 0.1) is 12.0 Å². The third-order valence-electron chi connectivity index (χ3n) is 3.53. The van der Waals surface area contributed by atoms with Crippen LogP contribution in [0.1, 0.15) is 17.3 Å². The first-order valence-electron chi connectivity index (χ1n) is 8.03. The molecule has 0 aliphatic carbocycles. The van der Waals surface area contributed by atoms with Crippen LogP contribution >= 0.6 is 23.4 Å². The molecular formula is C17H16ClN5O3S. The summed E-state index contributed by atoms with van der Waals surface area (Å²) in [5, 5.41) is 9.33. The standard InChI is InChI=1S/C17H16ClN5O3S/c1-2-23-15(13-4-3-9-26-13)20-22-17(23)27-10-14(24)19-21-16(25)11-5-7-12(18)8-6-11/h3-9H,2,10H2,1H3,(H,19,24)(H,21,25). The van der Waals surface area contributed by atoms with Crippen molar-refractivity contribution in [3.8, 4) is 11.6 Å². The smallest absolute Gasteiger partial charge is 0.269 e. The molecule has 0 aliphatic heterocycles. The monoisotopic (exact) mass is 405 g/mol. The number of carbonyl (C=O) groups is 2. The third kappa shape index (κ3) is 4.69. The van der Waals surface area contributed by atoms with E-state index in [0.717, 1.165) is 0 Å². The fraction of sp³-hybridized carbons (Fsp3) is 0.176. The van der Waals surface area contributed by atoms with Crippen molar-refractivity contribution in [3.63, 3.8) is 0 Å². The molecule has 0 atom stereocenters. The highest BCUT2D eigenvalue weighted by atomic mass is 35.5. The van der Waals surface area contributed by atoms with Crippen molar-refractivity contribution in [2.24, 2.45) is 0 Å². The fourth-order valence-corrected chi connectivity index (χ4v) is 3.16. The first kappa shape index (κ1) is 19.0. The summed E-state index contributed by atoms with van der Waals surface area (Å²) in [5.41, 5.74) is 5.12. The van der Waals surface area contributed by atoms with Gasteiger partial charge in [-0.3, -0.25) is 25.0 Å². The summed E-state index contributed by atoms with van der Waals surface area (Å²) in [6.07, 6.45) is 1.56. The number of benzene rings is 1. The lowest BCUT2D eigenvalue weighted by molar-refractivity contribution is -0.119. The van der Waals surface area contributed by atoms with Gasteiger partial charge in [0.1, 0.15) is 0 Å². The molecule has 3 aromatic rings. The predicted molar refractivity (Wildman–Crippen MR) is 101 cm³/mol. The van der Waals surface area contributed by atoms with E-state index in [-0.39, 0.29) is 11.7 Å². The van der Waals surface area contributed by atoms with E-state index in [1.54, 1.807) is 42.7 Å². The van der Waals surface area contributed by atoms with E-state index in [2.05, 4.69) is 21.0 Å². The highest BCUT2D eigenvalue weighted by molar-refractivity contribution is 7.99. The van der Waals surface area contributed by atoms with Crippen molar-refractivity contribution in [1.82, 2.24) is 25.6 Å². The van der Waals surface area contributed by atoms with Gasteiger partial charge in [-0.1, -0.05) is 23.4 Å². The van der Waals surface area contributed by atoms with Gasteiger partial charge in [0.15, 0.2) is 16.7 Å². The van der Waals surface area contributed by atoms with Gasteiger partial charge in [-0.25, -0.2) is 0 Å². The van der Waals surface area contributed by atoms with Crippen LogP contribution in [0.4, 0.5) is 0 Å². The minimum absolute atomic E-state index is 0.0667. The second kappa shape index (κ2) is 8.74. The summed E-state index contributed by atoms with van der Waals surface area (Å²) in [6, 6.07) is 9.90. The zero-order valence-electron chi connectivity index (χ0n) is 14.3. The molecule has 0 saturated carbocycles. The number of carbonyl (C=O) groups excluding carboxylic acids is 2. The van der Waals surface area contributed by atoms with E-state index in [1.165, 1.54) is 11.8 Å². The lowest BCUT2D eigenvalue weighted by Gasteiger charge is -2.08. The Balaban J connectivity index is 1.53. The normalized spacial score (nSPS) is 10.6. The Morgan fingerprint density at radius 2 is 1.96 bits per heavy atom. The lowest BCUT2D eigenvalue weighted by atomic mass is 10.2. The summed E-state index contributed by atoms with van der Waals surface area (Å²) in [6.45, 7) is 2.58. The maximum atomic E-state index is 12.0. The number of halogens is 1. The zero-order chi connectivity index (χ0) is 19.2. The molecule has 140 valence electrons. The summed E-state index contributed by atoms with van der Waals surface area (Å²) < 4.78 is 7.20. The number of aromatic nitrogens is 3. The number of rotatable bonds is 6. The number of nitrogens with zero attached hydrogens (tertiary/aromatic N) is 3. The molecule has 3 rings (SSSR count). The van der Waals surface area contributed by atoms with E-state index in [1.807, 2.05) is 11.5 Å². The van der Waals surface area contributed by atoms with Crippen LogP contribution in [0.15, 0.2) is 52.2 Å². The Labute approximate surface area is 164 Å². The maximum absolute atomic E-state index is 12.0. The summed E-state index contributed by atoms with van der Waals surface area (Å²) in [4.78, 5) is 24.0. The van der Waals surface area contributed by atoms with E-state index in [4.69, 9.17) is 16.0 Å². The van der Waals surface area contributed by atoms with Crippen molar-refractivity contribution >= 4 is 35.2 Å². The minimum Gasteiger partial charge on any atom is -0.461 e. The topological polar surface area (TPSA) is 102 Å². The predicted octanol–water partition coefficient (Wildman–Crippen LogP) is 2.76. The molecular weight excluding hydrogens is 390 g/mol. The van der Waals surface area contributed by atoms with Gasteiger partial charge in [0.2, 0.25) is 5.91 Å². The Morgan fingerprint density at radius 1 is 1.19 bits per heavy atom. The summed E-state index contributed by atoms with van der Waals surface area (Å²) in [5.74, 6) is 0.476. The van der Waals surface area contributed by atoms with Crippen LogP contribution < -0.4 is 10.9 Å². The molecule has 0 spiro atoms. The molecule has 2 heterocycles. The molecule has 10 heteroatoms. The molecule has 0 saturated heterocycles. The fourth-order valence-electron chi connectivity index (χ4n) is 2.23. The second-order valence-electron chi connectivity index (χ2n) is 5.33. The molecule has 2 N–H and O–H groups in total. The molecule has 2 amide bonds. The van der Waals surface area contributed by atoms with Crippen LogP contribution in [0.25, 0.3) is 11.6 Å². The van der Waals surface area contributed by atoms with Crippen molar-refractivity contribution < 1.29 is 14.0 Å². The number of furan rings is 1. The van der Waals surface area contributed by atoms with E-state index < -0.39 is 5.91 Å². The number of hydrazine groups is 1. The van der Waals surface area contributed by atoms with Gasteiger partial charge in [0, 0.05) is 17.1 Å². The number of nitrogens with one attached hydrogen (secondary N) is 2. The lowest BCUT2D eigenvalue weighted by Crippen LogP contribution is -2.42. The quantitative estimate of drug-likeness (QED) is 0.483. The second-order valence-corrected chi connectivity index (χ2v) is 6.70. The van der Waals surface area contributed by atoms with E-state index in [9.17, 15) is 9.59 Å². The Kier molecular flexibility index (Phi) is 6.15. The number of hydrogen-bond donors (Lipinski definition) is 2. The average Bonchev–Trinajstić information content (AvgIpc) is 3.33. The van der Waals surface area contributed by atoms with E-state index in [0.29, 0.717) is 33.9 Å². The molecule has 0 radical (unpaired) electrons. The molecule has 1 aromatic carbocycles. The van der Waals surface area contributed by atoms with Crippen LogP contribution in [0.2, 0.25) is 5.02 Å². The van der Waals surface area contributed by atoms with Crippen LogP contribution in [0.5, 0.6) is 0 Å². The van der Waals surface area contributed by atoms with Crippen LogP contribution in [0.3, 0.4) is 0 Å². The van der Waals surface area contributed by atoms with Gasteiger partial charge < -0.3 is 4.42 Å². The van der Waals surface area contributed by atoms with Gasteiger partial charge in [0.25, 0.3) is 5.91 Å². The molecule has 27 heavy (non-hydrogen) atoms. The Bertz CT molecular complexity index is 925. The molecule has 0 unspecified atom stereocenters. The average molecular weight is 406 g/mol. The van der Waals surface area contributed by atoms with Gasteiger partial charge in [-0.05, 0) is 43.3 Å². The minimum atomic E-state index is -0.429. The zero-order valence-corrected chi connectivity index (χ0v) is 15.9. The number of thioether (sulfide) groups is 1. The van der Waals surface area contributed by atoms with Crippen LogP contribution in [0, 0.1) is 0 Å². The van der Waals surface area contributed by atoms with E-state index >= 15 is 0 Å².